The first-order valence-corrected chi connectivity index (χ1v) is 43.6. The van der Waals surface area contributed by atoms with Crippen molar-refractivity contribution in [3.8, 4) is 23.7 Å². The fourth-order valence-corrected chi connectivity index (χ4v) is 16.7. The Labute approximate surface area is 760 Å². The fourth-order valence-electron chi connectivity index (χ4n) is 16.1. The number of carbonyl (C=O) groups is 11. The van der Waals surface area contributed by atoms with Gasteiger partial charge in [0.05, 0.1) is 70.5 Å². The summed E-state index contributed by atoms with van der Waals surface area (Å²) in [5.41, 5.74) is 18.8. The molecule has 0 unspecified atom stereocenters. The Morgan fingerprint density at radius 1 is 0.472 bits per heavy atom. The third-order valence-corrected chi connectivity index (χ3v) is 22.4. The average molecular weight is 1860 g/mol. The van der Waals surface area contributed by atoms with Crippen molar-refractivity contribution in [2.24, 2.45) is 44.7 Å². The highest BCUT2D eigenvalue weighted by molar-refractivity contribution is 9.10. The number of carbonyl (C=O) groups excluding carboxylic acids is 10. The van der Waals surface area contributed by atoms with Crippen LogP contribution >= 0.6 is 40.7 Å². The van der Waals surface area contributed by atoms with E-state index in [2.05, 4.69) is 123 Å². The number of aliphatic carboxylic acids is 1. The molecule has 3 aromatic carbocycles. The molecule has 127 heavy (non-hydrogen) atoms. The molecule has 4 aliphatic carbocycles. The van der Waals surface area contributed by atoms with Gasteiger partial charge in [-0.05, 0) is 229 Å². The maximum atomic E-state index is 13.6. The normalized spacial score (nSPS) is 16.7. The number of alkyl carbamates (subject to hydrolysis) is 3. The van der Waals surface area contributed by atoms with E-state index in [1.807, 2.05) is 13.1 Å². The van der Waals surface area contributed by atoms with E-state index in [4.69, 9.17) is 24.7 Å². The lowest BCUT2D eigenvalue weighted by molar-refractivity contribution is -0.141. The second-order valence-corrected chi connectivity index (χ2v) is 37.2. The Morgan fingerprint density at radius 2 is 0.795 bits per heavy atom. The number of carboxylic acid groups (broad SMARTS) is 1. The number of aromatic nitrogens is 3. The van der Waals surface area contributed by atoms with Crippen molar-refractivity contribution in [2.75, 3.05) is 43.1 Å². The summed E-state index contributed by atoms with van der Waals surface area (Å²) in [4.78, 5) is 149. The van der Waals surface area contributed by atoms with Crippen LogP contribution in [0.1, 0.15) is 271 Å². The zero-order valence-corrected chi connectivity index (χ0v) is 77.7. The molecular formula is C90H121BrCl2N18O16. The van der Waals surface area contributed by atoms with Gasteiger partial charge in [0, 0.05) is 73.5 Å². The summed E-state index contributed by atoms with van der Waals surface area (Å²) in [6.07, 6.45) is 22.1. The van der Waals surface area contributed by atoms with Gasteiger partial charge in [-0.25, -0.2) is 40.3 Å². The SMILES string of the molecule is CC(C)(C)OC(=O)N[C@@H](C(=O)Nc1cc2c3c(c(Br)[nH]c3c1)C=NNC2=O)C1CCCCC1.CC(C)(C)OC(=O)N[C@@H](C(=O)O)C1CCCCC1.CN(CC#Cc1[nH]c2cc(NC(=O)[C@H](NC(=O)OC(C)(C)C)C3CCCCC3)cc3c2c1C=NNC3=O)C(=O)OC(C)(C)C.CNCC#Cc1[nH]c2cc(NC(=O)[C@H](N)C3CCCCC3)cc3c2c1C=NNC3=O.Cl.Cl. The van der Waals surface area contributed by atoms with Gasteiger partial charge in [0.2, 0.25) is 17.7 Å². The molecule has 10 amide bonds. The molecule has 3 aliphatic heterocycles. The largest absolute Gasteiger partial charge is 0.480 e. The molecule has 4 atom stereocenters. The number of halogens is 3. The molecule has 4 saturated carbocycles. The Balaban J connectivity index is 0.000000217. The summed E-state index contributed by atoms with van der Waals surface area (Å²) < 4.78 is 22.0. The maximum Gasteiger partial charge on any atom is 0.410 e. The van der Waals surface area contributed by atoms with Crippen LogP contribution in [0.25, 0.3) is 32.7 Å². The van der Waals surface area contributed by atoms with E-state index in [9.17, 15) is 57.8 Å². The van der Waals surface area contributed by atoms with Gasteiger partial charge >= 0.3 is 30.3 Å². The molecule has 0 spiro atoms. The predicted octanol–water partition coefficient (Wildman–Crippen LogP) is 14.3. The van der Waals surface area contributed by atoms with Crippen LogP contribution in [-0.4, -0.2) is 183 Å². The van der Waals surface area contributed by atoms with Crippen molar-refractivity contribution < 1.29 is 76.8 Å². The Hall–Kier alpha value is -11.2. The van der Waals surface area contributed by atoms with Gasteiger partial charge in [0.15, 0.2) is 0 Å². The van der Waals surface area contributed by atoms with Crippen LogP contribution in [-0.2, 0) is 38.1 Å². The van der Waals surface area contributed by atoms with Crippen molar-refractivity contribution in [3.05, 3.63) is 85.8 Å². The standard InChI is InChI=1S/C32H42N6O6.C23H28BrN5O4.C22H26N6O2.C13H23NO4.2ClH/c1-31(2,3)43-29(41)36-26(19-12-9-8-10-13-19)28(40)34-20-16-21-25-22(18-33-37-27(21)39)23(35-24(25)17-20)14-11-15-38(7)30(42)44-32(4,5)6;1-23(2,3)33-22(32)28-18(12-7-5-4-6-8-12)21(31)26-13-9-14-17-15(11-25-29-20(14)30)19(24)27-16(17)10-13;1-24-9-5-8-17-16-12-25-28-21(29)15-10-14(11-18(27-17)19(15)16)26-22(30)20(23)13-6-3-2-4-7-13;1-13(2,3)18-12(17)14-10(11(15)16)9-7-5-4-6-8-9;;/h16-19,26,35H,8-10,12-13,15H2,1-7H3,(H,34,40)(H,36,41)(H,37,39);9-12,18,27H,4-8H2,1-3H3,(H,26,31)(H,28,32)(H,29,30);10-13,20,24,27H,2-4,6-7,9,23H2,1H3,(H,26,30)(H,28,29);9-10H,4-8H2,1-3H3,(H,14,17)(H,15,16);2*1H/t26-;18-;20-;10-;;/m1111../s1. The third kappa shape index (κ3) is 28.6. The first kappa shape index (κ1) is 101. The van der Waals surface area contributed by atoms with E-state index < -0.39 is 88.7 Å². The lowest BCUT2D eigenvalue weighted by Gasteiger charge is -2.31. The van der Waals surface area contributed by atoms with Crippen molar-refractivity contribution >= 4 is 175 Å². The van der Waals surface area contributed by atoms with E-state index in [1.54, 1.807) is 133 Å². The van der Waals surface area contributed by atoms with Crippen LogP contribution in [0.15, 0.2) is 56.3 Å². The minimum Gasteiger partial charge on any atom is -0.480 e. The van der Waals surface area contributed by atoms with Crippen LogP contribution in [0.2, 0.25) is 0 Å². The minimum absolute atomic E-state index is 0. The molecule has 0 saturated heterocycles. The lowest BCUT2D eigenvalue weighted by Crippen LogP contribution is -2.50. The minimum atomic E-state index is -0.979. The van der Waals surface area contributed by atoms with E-state index in [-0.39, 0.29) is 78.7 Å². The van der Waals surface area contributed by atoms with E-state index in [0.29, 0.717) is 89.2 Å². The zero-order chi connectivity index (χ0) is 90.8. The van der Waals surface area contributed by atoms with Gasteiger partial charge in [-0.1, -0.05) is 88.9 Å². The molecule has 4 fully saturated rings. The summed E-state index contributed by atoms with van der Waals surface area (Å²) in [7, 11) is 3.42. The first-order valence-electron chi connectivity index (χ1n) is 42.8. The summed E-state index contributed by atoms with van der Waals surface area (Å²) >= 11 is 3.46. The number of hydrazone groups is 3. The second-order valence-electron chi connectivity index (χ2n) is 36.4. The predicted molar refractivity (Wildman–Crippen MR) is 496 cm³/mol. The van der Waals surface area contributed by atoms with Crippen LogP contribution in [0.4, 0.5) is 36.2 Å². The number of rotatable bonds is 16. The molecule has 13 rings (SSSR count). The monoisotopic (exact) mass is 1860 g/mol. The number of H-pyrrole nitrogens is 3. The summed E-state index contributed by atoms with van der Waals surface area (Å²) in [6.45, 7) is 21.9. The molecule has 0 bridgehead atoms. The van der Waals surface area contributed by atoms with Crippen LogP contribution in [0, 0.1) is 47.4 Å². The number of hydrogen-bond donors (Lipinski definition) is 15. The molecule has 7 aliphatic rings. The van der Waals surface area contributed by atoms with Crippen molar-refractivity contribution in [2.45, 2.75) is 258 Å². The van der Waals surface area contributed by atoms with Gasteiger partial charge < -0.3 is 86.9 Å². The Morgan fingerprint density at radius 3 is 1.16 bits per heavy atom. The van der Waals surface area contributed by atoms with Gasteiger partial charge in [-0.15, -0.1) is 24.8 Å². The van der Waals surface area contributed by atoms with Crippen LogP contribution in [0.5, 0.6) is 0 Å². The highest BCUT2D eigenvalue weighted by Crippen LogP contribution is 2.38. The molecule has 37 heteroatoms. The number of amides is 10. The molecule has 34 nitrogen and oxygen atoms in total. The number of nitrogens with one attached hydrogen (secondary N) is 13. The van der Waals surface area contributed by atoms with E-state index in [0.717, 1.165) is 139 Å². The van der Waals surface area contributed by atoms with Gasteiger partial charge in [-0.3, -0.25) is 28.8 Å². The van der Waals surface area contributed by atoms with Crippen LogP contribution in [0.3, 0.4) is 0 Å². The average Bonchev–Trinajstić information content (AvgIpc) is 1.63. The summed E-state index contributed by atoms with van der Waals surface area (Å²) in [6, 6.07) is 7.24. The lowest BCUT2D eigenvalue weighted by atomic mass is 9.83. The van der Waals surface area contributed by atoms with Crippen molar-refractivity contribution in [3.63, 3.8) is 0 Å². The number of benzene rings is 3. The summed E-state index contributed by atoms with van der Waals surface area (Å²) in [5, 5.41) is 43.0. The van der Waals surface area contributed by atoms with Crippen LogP contribution < -0.4 is 59.2 Å². The molecule has 688 valence electrons. The number of ether oxygens (including phenoxy) is 4. The number of aromatic amines is 3. The van der Waals surface area contributed by atoms with Gasteiger partial charge in [0.1, 0.15) is 40.5 Å². The number of carboxylic acids is 1. The second kappa shape index (κ2) is 45.0. The quantitative estimate of drug-likeness (QED) is 0.0316. The zero-order valence-electron chi connectivity index (χ0n) is 74.5. The molecule has 16 N–H and O–H groups in total. The fraction of sp³-hybridized carbons (Fsp3) is 0.533. The third-order valence-electron chi connectivity index (χ3n) is 21.8. The Bertz CT molecular complexity index is 5250. The smallest absolute Gasteiger partial charge is 0.410 e. The molecule has 6 aromatic rings. The Kier molecular flexibility index (Phi) is 35.8. The first-order chi connectivity index (χ1) is 59.1. The summed E-state index contributed by atoms with van der Waals surface area (Å²) in [5.74, 6) is 9.20. The number of nitrogens with two attached hydrogens (primary N) is 1. The molecule has 6 heterocycles. The number of anilines is 3. The number of nitrogens with zero attached hydrogens (tertiary/aromatic N) is 4. The van der Waals surface area contributed by atoms with E-state index in [1.165, 1.54) is 17.5 Å². The number of hydrogen-bond acceptors (Lipinski definition) is 20. The highest BCUT2D eigenvalue weighted by atomic mass is 79.9. The molecule has 3 aromatic heterocycles. The topological polar surface area (TPSA) is 479 Å². The van der Waals surface area contributed by atoms with Crippen molar-refractivity contribution in [1.82, 2.24) is 57.4 Å². The van der Waals surface area contributed by atoms with Gasteiger partial charge in [0.25, 0.3) is 17.7 Å². The maximum absolute atomic E-state index is 13.6. The van der Waals surface area contributed by atoms with Crippen molar-refractivity contribution in [1.29, 1.82) is 0 Å². The van der Waals surface area contributed by atoms with Gasteiger partial charge in [-0.2, -0.15) is 15.3 Å². The van der Waals surface area contributed by atoms with E-state index >= 15 is 0 Å². The highest BCUT2D eigenvalue weighted by Gasteiger charge is 2.38. The molecular weight excluding hydrogens is 1740 g/mol. The molecule has 0 radical (unpaired) electrons.